The van der Waals surface area contributed by atoms with E-state index in [9.17, 15) is 14.4 Å². The van der Waals surface area contributed by atoms with E-state index < -0.39 is 6.23 Å². The minimum Gasteiger partial charge on any atom is -0.433 e. The Morgan fingerprint density at radius 1 is 1.08 bits per heavy atom. The van der Waals surface area contributed by atoms with Gasteiger partial charge in [-0.15, -0.1) is 0 Å². The SMILES string of the molecule is CCCSC(=O)OC(CC)n1c(-c2cnn(Cc3cccc(C)c3)c2)cc2c1c(=O)n(CCC)c(=O)n2CC. The number of hydrogen-bond donors (Lipinski definition) is 0. The maximum Gasteiger partial charge on any atom is 0.369 e. The van der Waals surface area contributed by atoms with Gasteiger partial charge in [0.1, 0.15) is 5.52 Å². The van der Waals surface area contributed by atoms with E-state index in [-0.39, 0.29) is 16.6 Å². The van der Waals surface area contributed by atoms with Crippen LogP contribution in [0.2, 0.25) is 0 Å². The highest BCUT2D eigenvalue weighted by Crippen LogP contribution is 2.32. The molecular formula is C29H37N5O4S. The average Bonchev–Trinajstić information content (AvgIpc) is 3.54. The van der Waals surface area contributed by atoms with Crippen LogP contribution in [0.1, 0.15) is 64.3 Å². The van der Waals surface area contributed by atoms with Crippen LogP contribution in [-0.4, -0.2) is 34.5 Å². The third kappa shape index (κ3) is 5.90. The molecule has 4 rings (SSSR count). The largest absolute Gasteiger partial charge is 0.433 e. The van der Waals surface area contributed by atoms with E-state index in [2.05, 4.69) is 30.2 Å². The number of benzene rings is 1. The number of rotatable bonds is 11. The van der Waals surface area contributed by atoms with Gasteiger partial charge in [0.2, 0.25) is 0 Å². The van der Waals surface area contributed by atoms with Crippen LogP contribution in [0.5, 0.6) is 0 Å². The molecule has 1 atom stereocenters. The number of fused-ring (bicyclic) bond motifs is 1. The molecule has 1 unspecified atom stereocenters. The molecule has 3 aromatic heterocycles. The molecule has 1 aromatic carbocycles. The molecule has 0 saturated heterocycles. The van der Waals surface area contributed by atoms with Crippen LogP contribution < -0.4 is 11.2 Å². The van der Waals surface area contributed by atoms with Crippen LogP contribution in [0.4, 0.5) is 4.79 Å². The van der Waals surface area contributed by atoms with Gasteiger partial charge in [0.25, 0.3) is 5.56 Å². The molecule has 0 N–H and O–H groups in total. The van der Waals surface area contributed by atoms with Crippen molar-refractivity contribution in [2.24, 2.45) is 0 Å². The maximum absolute atomic E-state index is 13.8. The Balaban J connectivity index is 1.91. The molecule has 4 aromatic rings. The first-order valence-electron chi connectivity index (χ1n) is 13.6. The number of nitrogens with zero attached hydrogens (tertiary/aromatic N) is 5. The number of thioether (sulfide) groups is 1. The van der Waals surface area contributed by atoms with E-state index in [0.29, 0.717) is 55.0 Å². The van der Waals surface area contributed by atoms with Crippen molar-refractivity contribution in [1.29, 1.82) is 0 Å². The average molecular weight is 552 g/mol. The van der Waals surface area contributed by atoms with Crippen molar-refractivity contribution in [3.8, 4) is 11.3 Å². The molecule has 0 bridgehead atoms. The molecule has 0 aliphatic carbocycles. The quantitative estimate of drug-likeness (QED) is 0.219. The summed E-state index contributed by atoms with van der Waals surface area (Å²) < 4.78 is 12.4. The van der Waals surface area contributed by atoms with Gasteiger partial charge in [-0.25, -0.2) is 9.59 Å². The van der Waals surface area contributed by atoms with Crippen molar-refractivity contribution in [2.75, 3.05) is 5.75 Å². The lowest BCUT2D eigenvalue weighted by Gasteiger charge is -2.21. The molecule has 3 heterocycles. The van der Waals surface area contributed by atoms with Gasteiger partial charge in [-0.1, -0.05) is 50.6 Å². The van der Waals surface area contributed by atoms with Gasteiger partial charge < -0.3 is 4.74 Å². The second-order valence-corrected chi connectivity index (χ2v) is 10.6. The Hall–Kier alpha value is -3.53. The lowest BCUT2D eigenvalue weighted by Crippen LogP contribution is -2.40. The normalized spacial score (nSPS) is 12.2. The van der Waals surface area contributed by atoms with Crippen molar-refractivity contribution in [3.05, 3.63) is 74.7 Å². The van der Waals surface area contributed by atoms with Crippen molar-refractivity contribution < 1.29 is 9.53 Å². The van der Waals surface area contributed by atoms with E-state index in [1.807, 2.05) is 50.7 Å². The summed E-state index contributed by atoms with van der Waals surface area (Å²) in [6, 6.07) is 10.1. The van der Waals surface area contributed by atoms with E-state index in [1.54, 1.807) is 15.3 Å². The standard InChI is InChI=1S/C29H37N5O4S/c1-6-13-33-27(35)26-24(32(9-4)28(33)36)16-23(34(26)25(8-3)38-29(37)39-14-7-2)22-17-30-31(19-22)18-21-12-10-11-20(5)15-21/h10-12,15-17,19,25H,6-9,13-14,18H2,1-5H3. The van der Waals surface area contributed by atoms with Crippen LogP contribution in [0.15, 0.2) is 52.3 Å². The summed E-state index contributed by atoms with van der Waals surface area (Å²) in [6.45, 7) is 11.1. The molecule has 208 valence electrons. The summed E-state index contributed by atoms with van der Waals surface area (Å²) in [7, 11) is 0. The van der Waals surface area contributed by atoms with E-state index in [4.69, 9.17) is 4.74 Å². The predicted octanol–water partition coefficient (Wildman–Crippen LogP) is 5.80. The van der Waals surface area contributed by atoms with Gasteiger partial charge in [0.05, 0.1) is 24.0 Å². The summed E-state index contributed by atoms with van der Waals surface area (Å²) in [6.07, 6.45) is 4.89. The van der Waals surface area contributed by atoms with Gasteiger partial charge >= 0.3 is 11.0 Å². The number of aryl methyl sites for hydroxylation is 2. The minimum atomic E-state index is -0.722. The second kappa shape index (κ2) is 12.5. The Bertz CT molecular complexity index is 1580. The fraction of sp³-hybridized carbons (Fsp3) is 0.448. The molecule has 9 nitrogen and oxygen atoms in total. The molecule has 0 saturated carbocycles. The summed E-state index contributed by atoms with van der Waals surface area (Å²) in [5.74, 6) is 0.652. The van der Waals surface area contributed by atoms with Gasteiger partial charge in [-0.3, -0.25) is 23.2 Å². The molecule has 0 radical (unpaired) electrons. The molecule has 0 aliphatic rings. The van der Waals surface area contributed by atoms with E-state index in [1.165, 1.54) is 10.1 Å². The summed E-state index contributed by atoms with van der Waals surface area (Å²) in [4.78, 5) is 39.7. The third-order valence-corrected chi connectivity index (χ3v) is 7.57. The van der Waals surface area contributed by atoms with Gasteiger partial charge in [-0.05, 0) is 50.1 Å². The highest BCUT2D eigenvalue weighted by molar-refractivity contribution is 8.13. The van der Waals surface area contributed by atoms with Crippen molar-refractivity contribution in [3.63, 3.8) is 0 Å². The zero-order chi connectivity index (χ0) is 28.1. The van der Waals surface area contributed by atoms with Gasteiger partial charge in [0.15, 0.2) is 6.23 Å². The highest BCUT2D eigenvalue weighted by Gasteiger charge is 2.27. The second-order valence-electron chi connectivity index (χ2n) is 9.61. The van der Waals surface area contributed by atoms with Crippen LogP contribution >= 0.6 is 11.8 Å². The maximum atomic E-state index is 13.8. The molecule has 10 heteroatoms. The van der Waals surface area contributed by atoms with Gasteiger partial charge in [0, 0.05) is 37.0 Å². The summed E-state index contributed by atoms with van der Waals surface area (Å²) >= 11 is 1.13. The Morgan fingerprint density at radius 3 is 2.54 bits per heavy atom. The van der Waals surface area contributed by atoms with Crippen LogP contribution in [0.25, 0.3) is 22.3 Å². The van der Waals surface area contributed by atoms with E-state index in [0.717, 1.165) is 29.3 Å². The van der Waals surface area contributed by atoms with Gasteiger partial charge in [-0.2, -0.15) is 5.10 Å². The fourth-order valence-corrected chi connectivity index (χ4v) is 5.42. The Morgan fingerprint density at radius 2 is 1.87 bits per heavy atom. The van der Waals surface area contributed by atoms with Crippen LogP contribution in [-0.2, 0) is 24.4 Å². The smallest absolute Gasteiger partial charge is 0.369 e. The molecule has 0 fully saturated rings. The molecule has 0 amide bonds. The molecule has 0 spiro atoms. The Labute approximate surface area is 232 Å². The zero-order valence-corrected chi connectivity index (χ0v) is 24.2. The molecule has 39 heavy (non-hydrogen) atoms. The first-order valence-corrected chi connectivity index (χ1v) is 14.6. The molecule has 0 aliphatic heterocycles. The Kier molecular flexibility index (Phi) is 9.16. The number of carbonyl (C=O) groups excluding carboxylic acids is 1. The van der Waals surface area contributed by atoms with Crippen molar-refractivity contribution in [1.82, 2.24) is 23.5 Å². The third-order valence-electron chi connectivity index (χ3n) is 6.63. The van der Waals surface area contributed by atoms with Crippen molar-refractivity contribution >= 4 is 28.1 Å². The number of hydrogen-bond acceptors (Lipinski definition) is 6. The number of ether oxygens (including phenoxy) is 1. The zero-order valence-electron chi connectivity index (χ0n) is 23.3. The predicted molar refractivity (Wildman–Crippen MR) is 156 cm³/mol. The first kappa shape index (κ1) is 28.5. The number of aromatic nitrogens is 5. The highest BCUT2D eigenvalue weighted by atomic mass is 32.2. The summed E-state index contributed by atoms with van der Waals surface area (Å²) in [5.41, 5.74) is 3.91. The van der Waals surface area contributed by atoms with E-state index >= 15 is 0 Å². The van der Waals surface area contributed by atoms with Crippen molar-refractivity contribution in [2.45, 2.75) is 79.7 Å². The first-order chi connectivity index (χ1) is 18.8. The van der Waals surface area contributed by atoms with Crippen LogP contribution in [0, 0.1) is 6.92 Å². The lowest BCUT2D eigenvalue weighted by atomic mass is 10.1. The number of carbonyl (C=O) groups is 1. The lowest BCUT2D eigenvalue weighted by molar-refractivity contribution is 0.0776. The minimum absolute atomic E-state index is 0.311. The van der Waals surface area contributed by atoms with Crippen LogP contribution in [0.3, 0.4) is 0 Å². The topological polar surface area (TPSA) is 93.1 Å². The fourth-order valence-electron chi connectivity index (χ4n) is 4.87. The molecular weight excluding hydrogens is 514 g/mol. The summed E-state index contributed by atoms with van der Waals surface area (Å²) in [5, 5.41) is 4.20. The monoisotopic (exact) mass is 551 g/mol.